The number of amides is 1. The molecule has 1 spiro atoms. The van der Waals surface area contributed by atoms with Crippen molar-refractivity contribution in [3.05, 3.63) is 23.9 Å². The third kappa shape index (κ3) is 3.78. The van der Waals surface area contributed by atoms with Crippen molar-refractivity contribution in [3.8, 4) is 0 Å². The van der Waals surface area contributed by atoms with Gasteiger partial charge in [0.1, 0.15) is 11.5 Å². The molecule has 4 N–H and O–H groups in total. The van der Waals surface area contributed by atoms with Crippen molar-refractivity contribution in [2.75, 3.05) is 50.8 Å². The van der Waals surface area contributed by atoms with Gasteiger partial charge in [0.25, 0.3) is 5.91 Å². The van der Waals surface area contributed by atoms with Gasteiger partial charge in [0.15, 0.2) is 0 Å². The van der Waals surface area contributed by atoms with E-state index in [0.29, 0.717) is 12.2 Å². The fourth-order valence-corrected chi connectivity index (χ4v) is 4.35. The van der Waals surface area contributed by atoms with Crippen LogP contribution in [0.2, 0.25) is 0 Å². The molecule has 1 unspecified atom stereocenters. The van der Waals surface area contributed by atoms with E-state index in [9.17, 15) is 9.90 Å². The summed E-state index contributed by atoms with van der Waals surface area (Å²) in [6.45, 7) is 4.61. The molecule has 1 aromatic rings. The fraction of sp³-hybridized carbons (Fsp3) is 0.667. The summed E-state index contributed by atoms with van der Waals surface area (Å²) in [4.78, 5) is 20.2. The van der Waals surface area contributed by atoms with Crippen molar-refractivity contribution in [3.63, 3.8) is 0 Å². The minimum atomic E-state index is -0.507. The molecule has 1 amide bonds. The first-order valence-corrected chi connectivity index (χ1v) is 9.04. The average molecular weight is 348 g/mol. The number of aromatic nitrogens is 1. The zero-order chi connectivity index (χ0) is 17.9. The molecule has 2 saturated heterocycles. The molecule has 3 rings (SSSR count). The number of anilines is 1. The van der Waals surface area contributed by atoms with Crippen molar-refractivity contribution >= 4 is 11.7 Å². The number of carbonyl (C=O) groups is 1. The molecule has 2 aliphatic heterocycles. The number of primary amides is 1. The van der Waals surface area contributed by atoms with Crippen LogP contribution in [-0.2, 0) is 0 Å². The molecule has 0 aliphatic carbocycles. The van der Waals surface area contributed by atoms with Crippen LogP contribution in [0, 0.1) is 11.3 Å². The van der Waals surface area contributed by atoms with Gasteiger partial charge in [-0.25, -0.2) is 4.98 Å². The quantitative estimate of drug-likeness (QED) is 0.696. The minimum Gasteiger partial charge on any atom is -0.396 e. The number of piperidine rings is 2. The van der Waals surface area contributed by atoms with Gasteiger partial charge >= 0.3 is 0 Å². The van der Waals surface area contributed by atoms with Gasteiger partial charge in [-0.05, 0) is 43.4 Å². The number of nitrogens with two attached hydrogens (primary N) is 1. The number of aliphatic hydroxyl groups is 2. The van der Waals surface area contributed by atoms with Crippen LogP contribution in [0.5, 0.6) is 0 Å². The zero-order valence-corrected chi connectivity index (χ0v) is 14.6. The summed E-state index contributed by atoms with van der Waals surface area (Å²) in [5.41, 5.74) is 5.79. The molecule has 7 heteroatoms. The van der Waals surface area contributed by atoms with Gasteiger partial charge in [0.2, 0.25) is 0 Å². The molecule has 0 saturated carbocycles. The average Bonchev–Trinajstić information content (AvgIpc) is 2.64. The first kappa shape index (κ1) is 18.1. The predicted molar refractivity (Wildman–Crippen MR) is 95.4 cm³/mol. The standard InChI is InChI=1S/C18H28N4O3/c19-17(25)15-2-1-3-16(20-15)22-8-5-18(6-9-22)4-7-21(10-11-23)12-14(18)13-24/h1-3,14,23-24H,4-13H2,(H2,19,25). The van der Waals surface area contributed by atoms with E-state index in [1.807, 2.05) is 12.1 Å². The first-order valence-electron chi connectivity index (χ1n) is 9.04. The molecule has 3 heterocycles. The molecule has 1 atom stereocenters. The smallest absolute Gasteiger partial charge is 0.267 e. The normalized spacial score (nSPS) is 23.8. The van der Waals surface area contributed by atoms with Crippen LogP contribution in [-0.4, -0.2) is 71.9 Å². The Morgan fingerprint density at radius 3 is 2.60 bits per heavy atom. The monoisotopic (exact) mass is 348 g/mol. The molecule has 0 bridgehead atoms. The number of aliphatic hydroxyl groups excluding tert-OH is 2. The second-order valence-electron chi connectivity index (χ2n) is 7.25. The number of pyridine rings is 1. The summed E-state index contributed by atoms with van der Waals surface area (Å²) in [5, 5.41) is 19.1. The fourth-order valence-electron chi connectivity index (χ4n) is 4.35. The van der Waals surface area contributed by atoms with Crippen molar-refractivity contribution < 1.29 is 15.0 Å². The number of rotatable bonds is 5. The topological polar surface area (TPSA) is 103 Å². The lowest BCUT2D eigenvalue weighted by Gasteiger charge is -2.51. The van der Waals surface area contributed by atoms with Crippen LogP contribution in [0.1, 0.15) is 29.8 Å². The van der Waals surface area contributed by atoms with E-state index in [4.69, 9.17) is 10.8 Å². The zero-order valence-electron chi connectivity index (χ0n) is 14.6. The largest absolute Gasteiger partial charge is 0.396 e. The van der Waals surface area contributed by atoms with Crippen LogP contribution >= 0.6 is 0 Å². The SMILES string of the molecule is NC(=O)c1cccc(N2CCC3(CCN(CCO)CC3CO)CC2)n1. The molecule has 1 aromatic heterocycles. The Hall–Kier alpha value is -1.70. The van der Waals surface area contributed by atoms with Crippen molar-refractivity contribution in [1.29, 1.82) is 0 Å². The Balaban J connectivity index is 1.66. The second-order valence-corrected chi connectivity index (χ2v) is 7.25. The van der Waals surface area contributed by atoms with E-state index in [2.05, 4.69) is 14.8 Å². The Morgan fingerprint density at radius 1 is 1.24 bits per heavy atom. The van der Waals surface area contributed by atoms with Crippen LogP contribution in [0.15, 0.2) is 18.2 Å². The van der Waals surface area contributed by atoms with E-state index < -0.39 is 5.91 Å². The Morgan fingerprint density at radius 2 is 1.96 bits per heavy atom. The summed E-state index contributed by atoms with van der Waals surface area (Å²) in [6, 6.07) is 5.37. The minimum absolute atomic E-state index is 0.165. The first-order chi connectivity index (χ1) is 12.1. The van der Waals surface area contributed by atoms with E-state index >= 15 is 0 Å². The summed E-state index contributed by atoms with van der Waals surface area (Å²) in [7, 11) is 0. The van der Waals surface area contributed by atoms with Crippen molar-refractivity contribution in [1.82, 2.24) is 9.88 Å². The number of β-amino-alcohol motifs (C(OH)–C–C–N with tert-alkyl or cyclic N) is 1. The number of nitrogens with zero attached hydrogens (tertiary/aromatic N) is 3. The third-order valence-corrected chi connectivity index (χ3v) is 5.98. The van der Waals surface area contributed by atoms with Gasteiger partial charge < -0.3 is 25.7 Å². The van der Waals surface area contributed by atoms with Crippen molar-refractivity contribution in [2.45, 2.75) is 19.3 Å². The lowest BCUT2D eigenvalue weighted by molar-refractivity contribution is -0.0207. The summed E-state index contributed by atoms with van der Waals surface area (Å²) in [6.07, 6.45) is 3.07. The van der Waals surface area contributed by atoms with Crippen LogP contribution in [0.25, 0.3) is 0 Å². The maximum atomic E-state index is 11.3. The molecular weight excluding hydrogens is 320 g/mol. The van der Waals surface area contributed by atoms with E-state index in [-0.39, 0.29) is 24.5 Å². The maximum absolute atomic E-state index is 11.3. The lowest BCUT2D eigenvalue weighted by Crippen LogP contribution is -2.54. The predicted octanol–water partition coefficient (Wildman–Crippen LogP) is 0.0736. The Bertz CT molecular complexity index is 602. The highest BCUT2D eigenvalue weighted by atomic mass is 16.3. The van der Waals surface area contributed by atoms with Crippen LogP contribution in [0.3, 0.4) is 0 Å². The van der Waals surface area contributed by atoms with Crippen LogP contribution in [0.4, 0.5) is 5.82 Å². The number of likely N-dealkylation sites (tertiary alicyclic amines) is 1. The number of hydrogen-bond acceptors (Lipinski definition) is 6. The number of hydrogen-bond donors (Lipinski definition) is 3. The van der Waals surface area contributed by atoms with Gasteiger partial charge in [-0.1, -0.05) is 6.07 Å². The molecule has 2 aliphatic rings. The molecule has 2 fully saturated rings. The van der Waals surface area contributed by atoms with Crippen molar-refractivity contribution in [2.24, 2.45) is 17.1 Å². The number of carbonyl (C=O) groups excluding carboxylic acids is 1. The van der Waals surface area contributed by atoms with Gasteiger partial charge in [-0.3, -0.25) is 4.79 Å². The highest BCUT2D eigenvalue weighted by molar-refractivity contribution is 5.91. The lowest BCUT2D eigenvalue weighted by atomic mass is 9.64. The summed E-state index contributed by atoms with van der Waals surface area (Å²) in [5.74, 6) is 0.538. The Labute approximate surface area is 148 Å². The van der Waals surface area contributed by atoms with Gasteiger partial charge in [0.05, 0.1) is 6.61 Å². The Kier molecular flexibility index (Phi) is 5.56. The van der Waals surface area contributed by atoms with E-state index in [1.54, 1.807) is 6.07 Å². The molecule has 0 radical (unpaired) electrons. The van der Waals surface area contributed by atoms with Gasteiger partial charge in [-0.15, -0.1) is 0 Å². The van der Waals surface area contributed by atoms with Gasteiger partial charge in [-0.2, -0.15) is 0 Å². The summed E-state index contributed by atoms with van der Waals surface area (Å²) < 4.78 is 0. The van der Waals surface area contributed by atoms with E-state index in [1.165, 1.54) is 0 Å². The third-order valence-electron chi connectivity index (χ3n) is 5.98. The van der Waals surface area contributed by atoms with E-state index in [0.717, 1.165) is 51.3 Å². The molecule has 0 aromatic carbocycles. The molecule has 7 nitrogen and oxygen atoms in total. The summed E-state index contributed by atoms with van der Waals surface area (Å²) >= 11 is 0. The van der Waals surface area contributed by atoms with Crippen LogP contribution < -0.4 is 10.6 Å². The molecule has 138 valence electrons. The second kappa shape index (κ2) is 7.68. The van der Waals surface area contributed by atoms with Gasteiger partial charge in [0, 0.05) is 38.7 Å². The maximum Gasteiger partial charge on any atom is 0.267 e. The molecule has 25 heavy (non-hydrogen) atoms. The highest BCUT2D eigenvalue weighted by Gasteiger charge is 2.44. The molecular formula is C18H28N4O3. The highest BCUT2D eigenvalue weighted by Crippen LogP contribution is 2.45.